The Morgan fingerprint density at radius 2 is 1.76 bits per heavy atom. The van der Waals surface area contributed by atoms with E-state index in [1.165, 1.54) is 19.1 Å². The molecule has 0 aromatic heterocycles. The maximum atomic E-state index is 12.1. The summed E-state index contributed by atoms with van der Waals surface area (Å²) < 4.78 is 66.6. The molecular weight excluding hydrogens is 313 g/mol. The Morgan fingerprint density at radius 3 is 2.19 bits per heavy atom. The molecule has 21 heavy (non-hydrogen) atoms. The van der Waals surface area contributed by atoms with E-state index in [-0.39, 0.29) is 12.2 Å². The molecule has 0 aliphatic heterocycles. The van der Waals surface area contributed by atoms with Gasteiger partial charge < -0.3 is 8.92 Å². The van der Waals surface area contributed by atoms with Gasteiger partial charge in [0.2, 0.25) is 0 Å². The van der Waals surface area contributed by atoms with Crippen LogP contribution in [0.1, 0.15) is 12.5 Å². The van der Waals surface area contributed by atoms with Crippen LogP contribution >= 0.6 is 0 Å². The molecule has 0 aliphatic rings. The van der Waals surface area contributed by atoms with Gasteiger partial charge in [-0.15, -0.1) is 0 Å². The Labute approximate surface area is 119 Å². The third kappa shape index (κ3) is 4.78. The van der Waals surface area contributed by atoms with Crippen LogP contribution < -0.4 is 4.18 Å². The predicted molar refractivity (Wildman–Crippen MR) is 66.7 cm³/mol. The van der Waals surface area contributed by atoms with Gasteiger partial charge in [0.15, 0.2) is 0 Å². The standard InChI is InChI=1S/C12H11F3O5S/c1-8(2)11(16)19-7-9-3-5-10(6-4-9)20-21(17,18)12(13,14)15/h3-6H,1,7H2,2H3. The minimum Gasteiger partial charge on any atom is -0.457 e. The number of carbonyl (C=O) groups excluding carboxylic acids is 1. The summed E-state index contributed by atoms with van der Waals surface area (Å²) in [4.78, 5) is 11.1. The molecular formula is C12H11F3O5S. The zero-order valence-corrected chi connectivity index (χ0v) is 11.6. The molecule has 0 saturated heterocycles. The summed E-state index contributed by atoms with van der Waals surface area (Å²) in [5.41, 5.74) is -4.85. The fourth-order valence-electron chi connectivity index (χ4n) is 1.09. The number of hydrogen-bond acceptors (Lipinski definition) is 5. The predicted octanol–water partition coefficient (Wildman–Crippen LogP) is 2.53. The summed E-state index contributed by atoms with van der Waals surface area (Å²) in [5, 5.41) is 0. The second kappa shape index (κ2) is 6.17. The highest BCUT2D eigenvalue weighted by molar-refractivity contribution is 7.87. The minimum absolute atomic E-state index is 0.127. The smallest absolute Gasteiger partial charge is 0.457 e. The van der Waals surface area contributed by atoms with Crippen molar-refractivity contribution < 1.29 is 35.3 Å². The summed E-state index contributed by atoms with van der Waals surface area (Å²) in [6, 6.07) is 4.58. The highest BCUT2D eigenvalue weighted by Gasteiger charge is 2.48. The zero-order valence-electron chi connectivity index (χ0n) is 10.8. The van der Waals surface area contributed by atoms with E-state index in [1.807, 2.05) is 0 Å². The third-order valence-electron chi connectivity index (χ3n) is 2.13. The van der Waals surface area contributed by atoms with Crippen molar-refractivity contribution in [2.75, 3.05) is 0 Å². The molecule has 116 valence electrons. The fourth-order valence-corrected chi connectivity index (χ4v) is 1.55. The Kier molecular flexibility index (Phi) is 5.00. The lowest BCUT2D eigenvalue weighted by molar-refractivity contribution is -0.140. The molecule has 0 saturated carbocycles. The van der Waals surface area contributed by atoms with E-state index in [9.17, 15) is 26.4 Å². The number of carbonyl (C=O) groups is 1. The molecule has 0 unspecified atom stereocenters. The first-order valence-electron chi connectivity index (χ1n) is 5.45. The van der Waals surface area contributed by atoms with Crippen molar-refractivity contribution in [3.8, 4) is 5.75 Å². The molecule has 0 spiro atoms. The molecule has 0 amide bonds. The van der Waals surface area contributed by atoms with Crippen LogP contribution in [0.4, 0.5) is 13.2 Å². The Hall–Kier alpha value is -2.03. The largest absolute Gasteiger partial charge is 0.534 e. The SMILES string of the molecule is C=C(C)C(=O)OCc1ccc(OS(=O)(=O)C(F)(F)F)cc1. The van der Waals surface area contributed by atoms with E-state index in [1.54, 1.807) is 0 Å². The second-order valence-electron chi connectivity index (χ2n) is 3.98. The van der Waals surface area contributed by atoms with Crippen LogP contribution in [0.25, 0.3) is 0 Å². The van der Waals surface area contributed by atoms with Crippen LogP contribution in [0.3, 0.4) is 0 Å². The van der Waals surface area contributed by atoms with Crippen molar-refractivity contribution in [2.24, 2.45) is 0 Å². The van der Waals surface area contributed by atoms with E-state index in [4.69, 9.17) is 4.74 Å². The molecule has 1 rings (SSSR count). The summed E-state index contributed by atoms with van der Waals surface area (Å²) in [5.74, 6) is -1.11. The average molecular weight is 324 g/mol. The highest BCUT2D eigenvalue weighted by atomic mass is 32.2. The zero-order chi connectivity index (χ0) is 16.3. The maximum Gasteiger partial charge on any atom is 0.534 e. The van der Waals surface area contributed by atoms with E-state index >= 15 is 0 Å². The lowest BCUT2D eigenvalue weighted by atomic mass is 10.2. The van der Waals surface area contributed by atoms with E-state index in [0.29, 0.717) is 5.56 Å². The van der Waals surface area contributed by atoms with Gasteiger partial charge in [0, 0.05) is 5.57 Å². The monoisotopic (exact) mass is 324 g/mol. The lowest BCUT2D eigenvalue weighted by Crippen LogP contribution is -2.28. The summed E-state index contributed by atoms with van der Waals surface area (Å²) in [7, 11) is -5.70. The molecule has 0 fully saturated rings. The summed E-state index contributed by atoms with van der Waals surface area (Å²) >= 11 is 0. The number of esters is 1. The maximum absolute atomic E-state index is 12.1. The fraction of sp³-hybridized carbons (Fsp3) is 0.250. The lowest BCUT2D eigenvalue weighted by Gasteiger charge is -2.10. The minimum atomic E-state index is -5.70. The van der Waals surface area contributed by atoms with Gasteiger partial charge in [-0.3, -0.25) is 0 Å². The molecule has 9 heteroatoms. The topological polar surface area (TPSA) is 69.7 Å². The van der Waals surface area contributed by atoms with Crippen LogP contribution in [0.2, 0.25) is 0 Å². The molecule has 5 nitrogen and oxygen atoms in total. The van der Waals surface area contributed by atoms with E-state index < -0.39 is 27.3 Å². The van der Waals surface area contributed by atoms with Gasteiger partial charge in [-0.25, -0.2) is 4.79 Å². The Morgan fingerprint density at radius 1 is 1.24 bits per heavy atom. The van der Waals surface area contributed by atoms with Crippen molar-refractivity contribution >= 4 is 16.1 Å². The van der Waals surface area contributed by atoms with Gasteiger partial charge in [0.05, 0.1) is 0 Å². The Bertz CT molecular complexity index is 632. The quantitative estimate of drug-likeness (QED) is 0.360. The summed E-state index contributed by atoms with van der Waals surface area (Å²) in [6.07, 6.45) is 0. The molecule has 0 atom stereocenters. The Balaban J connectivity index is 2.71. The van der Waals surface area contributed by atoms with Crippen LogP contribution in [-0.2, 0) is 26.3 Å². The van der Waals surface area contributed by atoms with Crippen molar-refractivity contribution in [3.63, 3.8) is 0 Å². The number of halogens is 3. The number of benzene rings is 1. The van der Waals surface area contributed by atoms with Crippen LogP contribution in [0.5, 0.6) is 5.75 Å². The van der Waals surface area contributed by atoms with Crippen LogP contribution in [0.15, 0.2) is 36.4 Å². The molecule has 1 aromatic rings. The molecule has 0 radical (unpaired) electrons. The third-order valence-corrected chi connectivity index (χ3v) is 3.11. The normalized spacial score (nSPS) is 11.8. The van der Waals surface area contributed by atoms with Crippen LogP contribution in [0, 0.1) is 0 Å². The van der Waals surface area contributed by atoms with Gasteiger partial charge in [-0.1, -0.05) is 18.7 Å². The molecule has 1 aromatic carbocycles. The first kappa shape index (κ1) is 17.0. The van der Waals surface area contributed by atoms with E-state index in [2.05, 4.69) is 10.8 Å². The number of hydrogen-bond donors (Lipinski definition) is 0. The number of alkyl halides is 3. The van der Waals surface area contributed by atoms with Gasteiger partial charge in [0.1, 0.15) is 12.4 Å². The molecule has 0 bridgehead atoms. The summed E-state index contributed by atoms with van der Waals surface area (Å²) in [6.45, 7) is 4.71. The van der Waals surface area contributed by atoms with Gasteiger partial charge >= 0.3 is 21.6 Å². The highest BCUT2D eigenvalue weighted by Crippen LogP contribution is 2.27. The first-order valence-corrected chi connectivity index (χ1v) is 6.86. The molecule has 0 N–H and O–H groups in total. The average Bonchev–Trinajstić information content (AvgIpc) is 2.35. The van der Waals surface area contributed by atoms with Crippen molar-refractivity contribution in [1.29, 1.82) is 0 Å². The molecule has 0 heterocycles. The second-order valence-corrected chi connectivity index (χ2v) is 5.52. The van der Waals surface area contributed by atoms with Crippen molar-refractivity contribution in [1.82, 2.24) is 0 Å². The van der Waals surface area contributed by atoms with Crippen molar-refractivity contribution in [3.05, 3.63) is 42.0 Å². The van der Waals surface area contributed by atoms with Crippen molar-refractivity contribution in [2.45, 2.75) is 19.0 Å². The number of ether oxygens (including phenoxy) is 1. The van der Waals surface area contributed by atoms with Gasteiger partial charge in [0.25, 0.3) is 0 Å². The number of rotatable bonds is 5. The first-order chi connectivity index (χ1) is 9.53. The molecule has 0 aliphatic carbocycles. The van der Waals surface area contributed by atoms with E-state index in [0.717, 1.165) is 12.1 Å². The van der Waals surface area contributed by atoms with Crippen LogP contribution in [-0.4, -0.2) is 19.9 Å². The van der Waals surface area contributed by atoms with Gasteiger partial charge in [-0.05, 0) is 24.6 Å². The van der Waals surface area contributed by atoms with Gasteiger partial charge in [-0.2, -0.15) is 21.6 Å².